The fourth-order valence-electron chi connectivity index (χ4n) is 2.48. The molecule has 3 nitrogen and oxygen atoms in total. The van der Waals surface area contributed by atoms with E-state index in [-0.39, 0.29) is 0 Å². The van der Waals surface area contributed by atoms with E-state index in [1.807, 2.05) is 12.4 Å². The largest absolute Gasteiger partial charge is 0.311 e. The zero-order chi connectivity index (χ0) is 12.1. The maximum absolute atomic E-state index is 4.22. The van der Waals surface area contributed by atoms with Crippen LogP contribution in [0.4, 0.5) is 0 Å². The summed E-state index contributed by atoms with van der Waals surface area (Å²) in [4.78, 5) is 6.77. The fraction of sp³-hybridized carbons (Fsp3) is 0.643. The molecule has 2 rings (SSSR count). The molecule has 2 heterocycles. The van der Waals surface area contributed by atoms with E-state index < -0.39 is 0 Å². The molecule has 94 valence electrons. The monoisotopic (exact) mass is 233 g/mol. The molecule has 0 saturated carbocycles. The highest BCUT2D eigenvalue weighted by Crippen LogP contribution is 2.12. The Balaban J connectivity index is 1.92. The summed E-state index contributed by atoms with van der Waals surface area (Å²) in [6, 6.07) is 2.77. The Morgan fingerprint density at radius 2 is 2.41 bits per heavy atom. The number of nitrogens with zero attached hydrogens (tertiary/aromatic N) is 2. The van der Waals surface area contributed by atoms with Crippen LogP contribution in [0, 0.1) is 6.92 Å². The van der Waals surface area contributed by atoms with E-state index in [1.165, 1.54) is 30.5 Å². The maximum atomic E-state index is 4.22. The van der Waals surface area contributed by atoms with Crippen LogP contribution in [0.15, 0.2) is 18.5 Å². The lowest BCUT2D eigenvalue weighted by Gasteiger charge is -2.33. The SMILES string of the molecule is CCCC1CN(Cc2cnccc2C)CCN1. The van der Waals surface area contributed by atoms with Crippen LogP contribution < -0.4 is 5.32 Å². The summed E-state index contributed by atoms with van der Waals surface area (Å²) in [6.45, 7) is 8.90. The summed E-state index contributed by atoms with van der Waals surface area (Å²) >= 11 is 0. The minimum atomic E-state index is 0.672. The van der Waals surface area contributed by atoms with Gasteiger partial charge in [-0.3, -0.25) is 9.88 Å². The maximum Gasteiger partial charge on any atom is 0.0315 e. The third-order valence-electron chi connectivity index (χ3n) is 3.52. The molecule has 1 aromatic heterocycles. The molecule has 3 heteroatoms. The average molecular weight is 233 g/mol. The van der Waals surface area contributed by atoms with Crippen LogP contribution in [-0.4, -0.2) is 35.6 Å². The molecule has 0 amide bonds. The van der Waals surface area contributed by atoms with Crippen molar-refractivity contribution in [2.45, 2.75) is 39.3 Å². The number of aromatic nitrogens is 1. The highest BCUT2D eigenvalue weighted by Gasteiger charge is 2.18. The summed E-state index contributed by atoms with van der Waals surface area (Å²) < 4.78 is 0. The second-order valence-corrected chi connectivity index (χ2v) is 4.98. The van der Waals surface area contributed by atoms with Gasteiger partial charge >= 0.3 is 0 Å². The Bertz CT molecular complexity index is 349. The Kier molecular flexibility index (Phi) is 4.51. The van der Waals surface area contributed by atoms with E-state index in [1.54, 1.807) is 0 Å². The van der Waals surface area contributed by atoms with Crippen molar-refractivity contribution >= 4 is 0 Å². The van der Waals surface area contributed by atoms with Crippen molar-refractivity contribution in [2.24, 2.45) is 0 Å². The molecule has 1 aliphatic heterocycles. The van der Waals surface area contributed by atoms with Crippen LogP contribution in [0.5, 0.6) is 0 Å². The van der Waals surface area contributed by atoms with E-state index in [2.05, 4.69) is 35.1 Å². The molecular weight excluding hydrogens is 210 g/mol. The van der Waals surface area contributed by atoms with Crippen LogP contribution in [-0.2, 0) is 6.54 Å². The number of rotatable bonds is 4. The lowest BCUT2D eigenvalue weighted by molar-refractivity contribution is 0.186. The van der Waals surface area contributed by atoms with Gasteiger partial charge in [0.25, 0.3) is 0 Å². The van der Waals surface area contributed by atoms with Gasteiger partial charge in [0, 0.05) is 44.6 Å². The van der Waals surface area contributed by atoms with Crippen molar-refractivity contribution in [1.29, 1.82) is 0 Å². The van der Waals surface area contributed by atoms with Gasteiger partial charge in [-0.2, -0.15) is 0 Å². The van der Waals surface area contributed by atoms with Gasteiger partial charge in [0.1, 0.15) is 0 Å². The first kappa shape index (κ1) is 12.5. The molecule has 0 bridgehead atoms. The zero-order valence-electron chi connectivity index (χ0n) is 10.9. The lowest BCUT2D eigenvalue weighted by Crippen LogP contribution is -2.50. The topological polar surface area (TPSA) is 28.2 Å². The Morgan fingerprint density at radius 3 is 3.18 bits per heavy atom. The normalized spacial score (nSPS) is 21.6. The molecule has 1 aromatic rings. The van der Waals surface area contributed by atoms with Crippen molar-refractivity contribution < 1.29 is 0 Å². The number of hydrogen-bond acceptors (Lipinski definition) is 3. The Morgan fingerprint density at radius 1 is 1.53 bits per heavy atom. The summed E-state index contributed by atoms with van der Waals surface area (Å²) in [5.74, 6) is 0. The van der Waals surface area contributed by atoms with Gasteiger partial charge in [-0.25, -0.2) is 0 Å². The van der Waals surface area contributed by atoms with E-state index in [0.717, 1.165) is 19.6 Å². The van der Waals surface area contributed by atoms with Gasteiger partial charge in [-0.05, 0) is 30.5 Å². The van der Waals surface area contributed by atoms with E-state index in [9.17, 15) is 0 Å². The second-order valence-electron chi connectivity index (χ2n) is 4.98. The molecule has 1 unspecified atom stereocenters. The summed E-state index contributed by atoms with van der Waals surface area (Å²) in [7, 11) is 0. The van der Waals surface area contributed by atoms with Gasteiger partial charge in [-0.15, -0.1) is 0 Å². The van der Waals surface area contributed by atoms with E-state index >= 15 is 0 Å². The number of hydrogen-bond donors (Lipinski definition) is 1. The van der Waals surface area contributed by atoms with Crippen LogP contribution in [0.25, 0.3) is 0 Å². The smallest absolute Gasteiger partial charge is 0.0315 e. The molecular formula is C14H23N3. The fourth-order valence-corrected chi connectivity index (χ4v) is 2.48. The Hall–Kier alpha value is -0.930. The minimum absolute atomic E-state index is 0.672. The third kappa shape index (κ3) is 3.51. The number of aryl methyl sites for hydroxylation is 1. The van der Waals surface area contributed by atoms with Crippen molar-refractivity contribution in [3.63, 3.8) is 0 Å². The highest BCUT2D eigenvalue weighted by atomic mass is 15.2. The summed E-state index contributed by atoms with van der Waals surface area (Å²) in [5.41, 5.74) is 2.72. The second kappa shape index (κ2) is 6.12. The quantitative estimate of drug-likeness (QED) is 0.861. The Labute approximate surface area is 104 Å². The predicted octanol–water partition coefficient (Wildman–Crippen LogP) is 1.96. The van der Waals surface area contributed by atoms with Crippen molar-refractivity contribution in [1.82, 2.24) is 15.2 Å². The summed E-state index contributed by atoms with van der Waals surface area (Å²) in [5, 5.41) is 3.59. The van der Waals surface area contributed by atoms with Crippen molar-refractivity contribution in [3.05, 3.63) is 29.6 Å². The zero-order valence-corrected chi connectivity index (χ0v) is 10.9. The van der Waals surface area contributed by atoms with Gasteiger partial charge < -0.3 is 5.32 Å². The van der Waals surface area contributed by atoms with Gasteiger partial charge in [0.05, 0.1) is 0 Å². The van der Waals surface area contributed by atoms with E-state index in [0.29, 0.717) is 6.04 Å². The molecule has 1 atom stereocenters. The van der Waals surface area contributed by atoms with Gasteiger partial charge in [-0.1, -0.05) is 13.3 Å². The standard InChI is InChI=1S/C14H23N3/c1-3-4-14-11-17(8-7-16-14)10-13-9-15-6-5-12(13)2/h5-6,9,14,16H,3-4,7-8,10-11H2,1-2H3. The third-order valence-corrected chi connectivity index (χ3v) is 3.52. The van der Waals surface area contributed by atoms with Crippen molar-refractivity contribution in [2.75, 3.05) is 19.6 Å². The predicted molar refractivity (Wildman–Crippen MR) is 70.9 cm³/mol. The first-order chi connectivity index (χ1) is 8.29. The molecule has 1 fully saturated rings. The van der Waals surface area contributed by atoms with Crippen LogP contribution in [0.1, 0.15) is 30.9 Å². The average Bonchev–Trinajstić information content (AvgIpc) is 2.33. The number of nitrogens with one attached hydrogen (secondary N) is 1. The number of piperazine rings is 1. The first-order valence-electron chi connectivity index (χ1n) is 6.65. The molecule has 1 saturated heterocycles. The number of pyridine rings is 1. The molecule has 1 N–H and O–H groups in total. The highest BCUT2D eigenvalue weighted by molar-refractivity contribution is 5.21. The molecule has 0 radical (unpaired) electrons. The molecule has 0 spiro atoms. The lowest BCUT2D eigenvalue weighted by atomic mass is 10.1. The molecule has 0 aromatic carbocycles. The molecule has 1 aliphatic rings. The van der Waals surface area contributed by atoms with Gasteiger partial charge in [0.2, 0.25) is 0 Å². The summed E-state index contributed by atoms with van der Waals surface area (Å²) in [6.07, 6.45) is 6.42. The first-order valence-corrected chi connectivity index (χ1v) is 6.65. The van der Waals surface area contributed by atoms with Crippen molar-refractivity contribution in [3.8, 4) is 0 Å². The molecule has 17 heavy (non-hydrogen) atoms. The van der Waals surface area contributed by atoms with E-state index in [4.69, 9.17) is 0 Å². The van der Waals surface area contributed by atoms with Crippen LogP contribution >= 0.6 is 0 Å². The van der Waals surface area contributed by atoms with Gasteiger partial charge in [0.15, 0.2) is 0 Å². The molecule has 0 aliphatic carbocycles. The minimum Gasteiger partial charge on any atom is -0.311 e. The van der Waals surface area contributed by atoms with Crippen LogP contribution in [0.2, 0.25) is 0 Å². The van der Waals surface area contributed by atoms with Crippen LogP contribution in [0.3, 0.4) is 0 Å².